The smallest absolute Gasteiger partial charge is 0.116 e. The van der Waals surface area contributed by atoms with Gasteiger partial charge in [0.2, 0.25) is 0 Å². The summed E-state index contributed by atoms with van der Waals surface area (Å²) in [4.78, 5) is 0. The SMILES string of the molecule is [B]c1c(Br)ccc(N)c1C1CCCO1. The standard InChI is InChI=1S/C10H11BBrNO/c11-10-6(12)3-4-7(13)9(10)8-2-1-5-14-8/h3-4,8H,1-2,5,13H2. The van der Waals surface area contributed by atoms with E-state index >= 15 is 0 Å². The quantitative estimate of drug-likeness (QED) is 0.609. The van der Waals surface area contributed by atoms with Gasteiger partial charge >= 0.3 is 0 Å². The van der Waals surface area contributed by atoms with Crippen LogP contribution in [0.3, 0.4) is 0 Å². The van der Waals surface area contributed by atoms with Crippen molar-refractivity contribution in [2.75, 3.05) is 12.3 Å². The first-order valence-corrected chi connectivity index (χ1v) is 5.44. The first-order valence-electron chi connectivity index (χ1n) is 4.65. The lowest BCUT2D eigenvalue weighted by molar-refractivity contribution is 0.113. The van der Waals surface area contributed by atoms with Crippen LogP contribution in [0.5, 0.6) is 0 Å². The van der Waals surface area contributed by atoms with Crippen LogP contribution in [0.2, 0.25) is 0 Å². The molecule has 0 aliphatic carbocycles. The summed E-state index contributed by atoms with van der Waals surface area (Å²) in [5, 5.41) is 0. The number of ether oxygens (including phenoxy) is 1. The number of rotatable bonds is 1. The Bertz CT molecular complexity index is 350. The molecule has 2 radical (unpaired) electrons. The molecule has 2 nitrogen and oxygen atoms in total. The fourth-order valence-electron chi connectivity index (χ4n) is 1.79. The van der Waals surface area contributed by atoms with Crippen molar-refractivity contribution < 1.29 is 4.74 Å². The van der Waals surface area contributed by atoms with Crippen molar-refractivity contribution in [2.24, 2.45) is 0 Å². The van der Waals surface area contributed by atoms with Gasteiger partial charge in [-0.2, -0.15) is 0 Å². The van der Waals surface area contributed by atoms with E-state index < -0.39 is 0 Å². The van der Waals surface area contributed by atoms with Gasteiger partial charge in [0.25, 0.3) is 0 Å². The Kier molecular flexibility index (Phi) is 2.84. The summed E-state index contributed by atoms with van der Waals surface area (Å²) < 4.78 is 6.46. The molecule has 2 N–H and O–H groups in total. The van der Waals surface area contributed by atoms with E-state index in [1.165, 1.54) is 0 Å². The second-order valence-electron chi connectivity index (χ2n) is 3.47. The van der Waals surface area contributed by atoms with Crippen molar-refractivity contribution in [3.8, 4) is 0 Å². The Hall–Kier alpha value is -0.475. The lowest BCUT2D eigenvalue weighted by Crippen LogP contribution is -2.18. The van der Waals surface area contributed by atoms with Gasteiger partial charge in [-0.05, 0) is 30.5 Å². The molecule has 4 heteroatoms. The van der Waals surface area contributed by atoms with Crippen LogP contribution in [0.15, 0.2) is 16.6 Å². The molecule has 0 saturated carbocycles. The van der Waals surface area contributed by atoms with E-state index in [9.17, 15) is 0 Å². The highest BCUT2D eigenvalue weighted by Crippen LogP contribution is 2.31. The summed E-state index contributed by atoms with van der Waals surface area (Å²) in [7, 11) is 5.96. The van der Waals surface area contributed by atoms with E-state index in [0.717, 1.165) is 35.2 Å². The molecule has 1 saturated heterocycles. The van der Waals surface area contributed by atoms with E-state index in [2.05, 4.69) is 15.9 Å². The zero-order chi connectivity index (χ0) is 10.1. The molecule has 1 aliphatic heterocycles. The van der Waals surface area contributed by atoms with Crippen molar-refractivity contribution in [1.82, 2.24) is 0 Å². The predicted molar refractivity (Wildman–Crippen MR) is 61.9 cm³/mol. The number of benzene rings is 1. The average molecular weight is 252 g/mol. The molecule has 1 aliphatic rings. The van der Waals surface area contributed by atoms with Crippen LogP contribution in [-0.4, -0.2) is 14.5 Å². The van der Waals surface area contributed by atoms with Gasteiger partial charge in [-0.15, -0.1) is 0 Å². The van der Waals surface area contributed by atoms with Crippen LogP contribution in [0.1, 0.15) is 24.5 Å². The lowest BCUT2D eigenvalue weighted by Gasteiger charge is -2.17. The second kappa shape index (κ2) is 3.95. The molecule has 0 amide bonds. The molecule has 1 atom stereocenters. The minimum atomic E-state index is 0.0764. The van der Waals surface area contributed by atoms with Crippen LogP contribution < -0.4 is 11.2 Å². The van der Waals surface area contributed by atoms with Crippen LogP contribution in [-0.2, 0) is 4.74 Å². The Morgan fingerprint density at radius 1 is 1.50 bits per heavy atom. The molecule has 14 heavy (non-hydrogen) atoms. The van der Waals surface area contributed by atoms with Crippen LogP contribution in [0, 0.1) is 0 Å². The summed E-state index contributed by atoms with van der Waals surface area (Å²) in [6.45, 7) is 0.802. The van der Waals surface area contributed by atoms with E-state index in [4.69, 9.17) is 18.3 Å². The normalized spacial score (nSPS) is 21.4. The van der Waals surface area contributed by atoms with Gasteiger partial charge in [-0.25, -0.2) is 0 Å². The number of hydrogen-bond acceptors (Lipinski definition) is 2. The molecule has 1 heterocycles. The summed E-state index contributed by atoms with van der Waals surface area (Å²) in [6.07, 6.45) is 2.16. The third-order valence-corrected chi connectivity index (χ3v) is 3.21. The highest BCUT2D eigenvalue weighted by Gasteiger charge is 2.22. The summed E-state index contributed by atoms with van der Waals surface area (Å²) in [5.41, 5.74) is 8.26. The first kappa shape index (κ1) is 10.1. The van der Waals surface area contributed by atoms with E-state index in [-0.39, 0.29) is 6.10 Å². The number of nitrogen functional groups attached to an aromatic ring is 1. The second-order valence-corrected chi connectivity index (χ2v) is 4.32. The molecular formula is C10H11BBrNO. The van der Waals surface area contributed by atoms with Crippen molar-refractivity contribution in [3.63, 3.8) is 0 Å². The third-order valence-electron chi connectivity index (χ3n) is 2.52. The maximum atomic E-state index is 5.96. The summed E-state index contributed by atoms with van der Waals surface area (Å²) in [6, 6.07) is 3.72. The summed E-state index contributed by atoms with van der Waals surface area (Å²) >= 11 is 3.39. The fourth-order valence-corrected chi connectivity index (χ4v) is 2.14. The van der Waals surface area contributed by atoms with Crippen molar-refractivity contribution in [1.29, 1.82) is 0 Å². The Labute approximate surface area is 93.4 Å². The molecule has 1 aromatic rings. The van der Waals surface area contributed by atoms with Crippen LogP contribution in [0.25, 0.3) is 0 Å². The third kappa shape index (κ3) is 1.69. The Balaban J connectivity index is 2.44. The van der Waals surface area contributed by atoms with Gasteiger partial charge in [-0.3, -0.25) is 0 Å². The number of nitrogens with two attached hydrogens (primary N) is 1. The fraction of sp³-hybridized carbons (Fsp3) is 0.400. The molecule has 1 aromatic carbocycles. The highest BCUT2D eigenvalue weighted by atomic mass is 79.9. The van der Waals surface area contributed by atoms with Crippen molar-refractivity contribution in [3.05, 3.63) is 22.2 Å². The maximum absolute atomic E-state index is 5.96. The molecule has 0 aromatic heterocycles. The minimum Gasteiger partial charge on any atom is -0.398 e. The first-order chi connectivity index (χ1) is 6.70. The zero-order valence-corrected chi connectivity index (χ0v) is 9.38. The monoisotopic (exact) mass is 251 g/mol. The number of anilines is 1. The molecule has 0 spiro atoms. The van der Waals surface area contributed by atoms with Gasteiger partial charge in [0, 0.05) is 16.8 Å². The van der Waals surface area contributed by atoms with Gasteiger partial charge in [0.1, 0.15) is 7.85 Å². The molecule has 2 rings (SSSR count). The highest BCUT2D eigenvalue weighted by molar-refractivity contribution is 9.10. The Morgan fingerprint density at radius 2 is 2.29 bits per heavy atom. The summed E-state index contributed by atoms with van der Waals surface area (Å²) in [5.74, 6) is 0. The minimum absolute atomic E-state index is 0.0764. The molecule has 1 fully saturated rings. The Morgan fingerprint density at radius 3 is 2.93 bits per heavy atom. The van der Waals surface area contributed by atoms with Crippen LogP contribution in [0.4, 0.5) is 5.69 Å². The van der Waals surface area contributed by atoms with Gasteiger partial charge in [0.15, 0.2) is 0 Å². The van der Waals surface area contributed by atoms with Gasteiger partial charge in [-0.1, -0.05) is 21.4 Å². The van der Waals surface area contributed by atoms with E-state index in [1.807, 2.05) is 12.1 Å². The van der Waals surface area contributed by atoms with E-state index in [1.54, 1.807) is 0 Å². The predicted octanol–water partition coefficient (Wildman–Crippen LogP) is 1.68. The van der Waals surface area contributed by atoms with Gasteiger partial charge < -0.3 is 10.5 Å². The van der Waals surface area contributed by atoms with Gasteiger partial charge in [0.05, 0.1) is 6.10 Å². The topological polar surface area (TPSA) is 35.2 Å². The number of halogens is 1. The lowest BCUT2D eigenvalue weighted by atomic mass is 9.86. The average Bonchev–Trinajstić information content (AvgIpc) is 2.65. The molecule has 0 bridgehead atoms. The molecule has 1 unspecified atom stereocenters. The largest absolute Gasteiger partial charge is 0.398 e. The number of hydrogen-bond donors (Lipinski definition) is 1. The van der Waals surface area contributed by atoms with Crippen LogP contribution >= 0.6 is 15.9 Å². The zero-order valence-electron chi connectivity index (χ0n) is 7.79. The maximum Gasteiger partial charge on any atom is 0.116 e. The molecule has 72 valence electrons. The van der Waals surface area contributed by atoms with E-state index in [0.29, 0.717) is 5.46 Å². The van der Waals surface area contributed by atoms with Crippen molar-refractivity contribution >= 4 is 34.9 Å². The van der Waals surface area contributed by atoms with Crippen molar-refractivity contribution in [2.45, 2.75) is 18.9 Å². The molecular weight excluding hydrogens is 241 g/mol.